The molecule has 0 N–H and O–H groups in total. The van der Waals surface area contributed by atoms with Crippen LogP contribution in [0.5, 0.6) is 0 Å². The number of hydrogen-bond acceptors (Lipinski definition) is 5. The largest absolute Gasteiger partial charge is 0.444 e. The number of carbonyl (C=O) groups is 1. The van der Waals surface area contributed by atoms with Crippen LogP contribution in [0.3, 0.4) is 0 Å². The highest BCUT2D eigenvalue weighted by Crippen LogP contribution is 2.26. The van der Waals surface area contributed by atoms with Crippen molar-refractivity contribution in [2.24, 2.45) is 0 Å². The van der Waals surface area contributed by atoms with Crippen LogP contribution >= 0.6 is 22.6 Å². The highest BCUT2D eigenvalue weighted by molar-refractivity contribution is 14.1. The first kappa shape index (κ1) is 18.1. The Morgan fingerprint density at radius 3 is 2.40 bits per heavy atom. The van der Waals surface area contributed by atoms with Gasteiger partial charge in [0.05, 0.1) is 12.2 Å². The average molecular weight is 455 g/mol. The van der Waals surface area contributed by atoms with Gasteiger partial charge < -0.3 is 9.64 Å². The molecule has 0 aromatic carbocycles. The lowest BCUT2D eigenvalue weighted by Crippen LogP contribution is -2.42. The second kappa shape index (κ2) is 7.27. The Bertz CT molecular complexity index is 730. The number of aromatic nitrogens is 4. The number of carbonyl (C=O) groups excluding carboxylic acids is 1. The zero-order valence-electron chi connectivity index (χ0n) is 14.6. The fourth-order valence-corrected chi connectivity index (χ4v) is 3.07. The number of ether oxygens (including phenoxy) is 1. The van der Waals surface area contributed by atoms with Gasteiger partial charge in [0.2, 0.25) is 0 Å². The Morgan fingerprint density at radius 2 is 1.80 bits per heavy atom. The summed E-state index contributed by atoms with van der Waals surface area (Å²) in [7, 11) is 0. The second-order valence-electron chi connectivity index (χ2n) is 7.15. The zero-order valence-corrected chi connectivity index (χ0v) is 16.8. The van der Waals surface area contributed by atoms with Crippen LogP contribution in [0.15, 0.2) is 24.8 Å². The summed E-state index contributed by atoms with van der Waals surface area (Å²) in [6.45, 7) is 7.02. The molecule has 1 aliphatic rings. The van der Waals surface area contributed by atoms with Gasteiger partial charge in [-0.15, -0.1) is 0 Å². The van der Waals surface area contributed by atoms with Crippen LogP contribution in [0, 0.1) is 3.83 Å². The van der Waals surface area contributed by atoms with Crippen molar-refractivity contribution >= 4 is 28.7 Å². The van der Waals surface area contributed by atoms with Gasteiger partial charge in [-0.2, -0.15) is 5.10 Å². The van der Waals surface area contributed by atoms with Crippen LogP contribution < -0.4 is 0 Å². The SMILES string of the molecule is CC(C)(C)OC(=O)N1CCC(n2cc(-c3cnc(I)nc3)cn2)CC1. The first-order chi connectivity index (χ1) is 11.8. The van der Waals surface area contributed by atoms with Crippen molar-refractivity contribution in [2.75, 3.05) is 13.1 Å². The molecule has 7 nitrogen and oxygen atoms in total. The zero-order chi connectivity index (χ0) is 18.0. The van der Waals surface area contributed by atoms with E-state index in [9.17, 15) is 4.79 Å². The summed E-state index contributed by atoms with van der Waals surface area (Å²) in [5.41, 5.74) is 1.50. The van der Waals surface area contributed by atoms with E-state index >= 15 is 0 Å². The smallest absolute Gasteiger partial charge is 0.410 e. The van der Waals surface area contributed by atoms with Gasteiger partial charge in [0, 0.05) is 65.4 Å². The van der Waals surface area contributed by atoms with Crippen LogP contribution in [-0.4, -0.2) is 49.4 Å². The van der Waals surface area contributed by atoms with Gasteiger partial charge >= 0.3 is 6.09 Å². The predicted molar refractivity (Wildman–Crippen MR) is 102 cm³/mol. The molecule has 0 bridgehead atoms. The highest BCUT2D eigenvalue weighted by atomic mass is 127. The van der Waals surface area contributed by atoms with Crippen molar-refractivity contribution in [1.29, 1.82) is 0 Å². The van der Waals surface area contributed by atoms with E-state index in [1.54, 1.807) is 17.3 Å². The standard InChI is InChI=1S/C17H22IN5O2/c1-17(2,3)25-16(24)22-6-4-14(5-7-22)23-11-13(10-21-23)12-8-19-15(18)20-9-12/h8-11,14H,4-7H2,1-3H3. The molecule has 1 amide bonds. The Hall–Kier alpha value is -1.71. The van der Waals surface area contributed by atoms with Gasteiger partial charge in [-0.1, -0.05) is 0 Å². The molecule has 0 atom stereocenters. The molecule has 0 spiro atoms. The maximum Gasteiger partial charge on any atom is 0.410 e. The minimum atomic E-state index is -0.458. The number of rotatable bonds is 2. The van der Waals surface area contributed by atoms with Crippen LogP contribution in [0.1, 0.15) is 39.7 Å². The third kappa shape index (κ3) is 4.68. The third-order valence-corrected chi connectivity index (χ3v) is 4.60. The molecule has 0 aliphatic carbocycles. The topological polar surface area (TPSA) is 73.1 Å². The molecule has 0 unspecified atom stereocenters. The van der Waals surface area contributed by atoms with Gasteiger partial charge in [0.1, 0.15) is 5.60 Å². The maximum absolute atomic E-state index is 12.1. The minimum absolute atomic E-state index is 0.233. The predicted octanol–water partition coefficient (Wildman–Crippen LogP) is 3.52. The minimum Gasteiger partial charge on any atom is -0.444 e. The highest BCUT2D eigenvalue weighted by Gasteiger charge is 2.27. The summed E-state index contributed by atoms with van der Waals surface area (Å²) in [5, 5.41) is 4.49. The normalized spacial score (nSPS) is 16.1. The van der Waals surface area contributed by atoms with E-state index in [1.807, 2.05) is 37.8 Å². The van der Waals surface area contributed by atoms with Crippen LogP contribution in [0.2, 0.25) is 0 Å². The van der Waals surface area contributed by atoms with Crippen molar-refractivity contribution < 1.29 is 9.53 Å². The molecule has 1 saturated heterocycles. The molecule has 1 fully saturated rings. The molecule has 2 aromatic rings. The lowest BCUT2D eigenvalue weighted by Gasteiger charge is -2.33. The van der Waals surface area contributed by atoms with Crippen LogP contribution in [0.4, 0.5) is 4.79 Å². The fraction of sp³-hybridized carbons (Fsp3) is 0.529. The van der Waals surface area contributed by atoms with Crippen molar-refractivity contribution in [3.8, 4) is 11.1 Å². The number of hydrogen-bond donors (Lipinski definition) is 0. The summed E-state index contributed by atoms with van der Waals surface area (Å²) in [5.74, 6) is 0. The van der Waals surface area contributed by atoms with Crippen molar-refractivity contribution in [2.45, 2.75) is 45.3 Å². The van der Waals surface area contributed by atoms with E-state index in [4.69, 9.17) is 4.74 Å². The van der Waals surface area contributed by atoms with E-state index < -0.39 is 5.60 Å². The second-order valence-corrected chi connectivity index (χ2v) is 8.11. The summed E-state index contributed by atoms with van der Waals surface area (Å²) >= 11 is 2.09. The lowest BCUT2D eigenvalue weighted by atomic mass is 10.1. The first-order valence-electron chi connectivity index (χ1n) is 8.32. The average Bonchev–Trinajstić information content (AvgIpc) is 3.04. The molecule has 1 aliphatic heterocycles. The summed E-state index contributed by atoms with van der Waals surface area (Å²) in [6.07, 6.45) is 8.98. The number of halogens is 1. The molecular weight excluding hydrogens is 433 g/mol. The van der Waals surface area contributed by atoms with E-state index in [0.717, 1.165) is 27.8 Å². The molecule has 2 aromatic heterocycles. The number of likely N-dealkylation sites (tertiary alicyclic amines) is 1. The Morgan fingerprint density at radius 1 is 1.16 bits per heavy atom. The molecule has 0 radical (unpaired) electrons. The first-order valence-corrected chi connectivity index (χ1v) is 9.40. The van der Waals surface area contributed by atoms with Crippen molar-refractivity contribution in [3.63, 3.8) is 0 Å². The molecular formula is C17H22IN5O2. The quantitative estimate of drug-likeness (QED) is 0.512. The number of amides is 1. The lowest BCUT2D eigenvalue weighted by molar-refractivity contribution is 0.0185. The van der Waals surface area contributed by atoms with E-state index in [2.05, 4.69) is 37.7 Å². The third-order valence-electron chi connectivity index (χ3n) is 4.05. The fourth-order valence-electron chi connectivity index (χ4n) is 2.79. The number of piperidine rings is 1. The maximum atomic E-state index is 12.1. The molecule has 3 rings (SSSR count). The van der Waals surface area contributed by atoms with Gasteiger partial charge in [-0.3, -0.25) is 4.68 Å². The van der Waals surface area contributed by atoms with Gasteiger partial charge in [-0.05, 0) is 33.6 Å². The van der Waals surface area contributed by atoms with Gasteiger partial charge in [0.15, 0.2) is 3.83 Å². The van der Waals surface area contributed by atoms with Crippen molar-refractivity contribution in [1.82, 2.24) is 24.6 Å². The Labute approximate surface area is 160 Å². The Kier molecular flexibility index (Phi) is 5.26. The molecule has 3 heterocycles. The van der Waals surface area contributed by atoms with E-state index in [0.29, 0.717) is 13.1 Å². The summed E-state index contributed by atoms with van der Waals surface area (Å²) in [4.78, 5) is 22.3. The summed E-state index contributed by atoms with van der Waals surface area (Å²) in [6, 6.07) is 0.289. The molecule has 25 heavy (non-hydrogen) atoms. The van der Waals surface area contributed by atoms with Gasteiger partial charge in [-0.25, -0.2) is 14.8 Å². The van der Waals surface area contributed by atoms with E-state index in [1.165, 1.54) is 0 Å². The molecule has 134 valence electrons. The number of nitrogens with zero attached hydrogens (tertiary/aromatic N) is 5. The Balaban J connectivity index is 1.60. The molecule has 0 saturated carbocycles. The van der Waals surface area contributed by atoms with E-state index in [-0.39, 0.29) is 12.1 Å². The van der Waals surface area contributed by atoms with Crippen molar-refractivity contribution in [3.05, 3.63) is 28.6 Å². The van der Waals surface area contributed by atoms with Crippen LogP contribution in [0.25, 0.3) is 11.1 Å². The molecule has 8 heteroatoms. The van der Waals surface area contributed by atoms with Crippen LogP contribution in [-0.2, 0) is 4.74 Å². The monoisotopic (exact) mass is 455 g/mol. The van der Waals surface area contributed by atoms with Gasteiger partial charge in [0.25, 0.3) is 0 Å². The summed E-state index contributed by atoms with van der Waals surface area (Å²) < 4.78 is 8.15.